The Kier molecular flexibility index (Phi) is 20.8. The number of methoxy groups -OCH3 is 1. The summed E-state index contributed by atoms with van der Waals surface area (Å²) in [7, 11) is 3.32. The molecule has 4 atom stereocenters. The standard InChI is InChI=1S/C51H67N9O7S.4H2S/c1-10-42(61)59-25-20-51(59)18-23-57(24-19-51)49(65)56(8)44(31(3)4)46(62)54-38-27-41-53-39(29-68-41)33-16-17-40-35(26-33)36(45(58(40)11-2)34-14-12-21-52-43(34)32(5)66-9)28-50(6,7)30-67-48(64)37-15-13-22-60(55-37)47(38)63;;;;/h10,12,14,16-17,21,26,29,31-32,37-38,44,55H,1,11,13,15,18-20,22-25,27-28,30H2,2-9H3,(H,54,62);4*1H2/t32-,37-,38-,44-;;;;/m0..../s1. The SMILES string of the molecule is C=CC(=O)N1CCC12CCN(C(=O)N(C)[C@H](C(=O)N[C@H]1Cc3nc(cs3)-c3ccc4c(c3)c(c(-c3cccnc3[C@H](C)OC)n4CC)CC(C)(C)COC(=O)[C@@H]3CCCN(N3)C1=O)C(C)C)CC2.S.S.S.S. The van der Waals surface area contributed by atoms with Crippen molar-refractivity contribution < 1.29 is 33.4 Å². The highest BCUT2D eigenvalue weighted by Crippen LogP contribution is 2.43. The predicted octanol–water partition coefficient (Wildman–Crippen LogP) is 6.98. The Hall–Kier alpha value is -4.25. The molecule has 1 spiro atoms. The van der Waals surface area contributed by atoms with Crippen LogP contribution in [-0.4, -0.2) is 135 Å². The Morgan fingerprint density at radius 3 is 2.40 bits per heavy atom. The van der Waals surface area contributed by atoms with Crippen molar-refractivity contribution in [3.63, 3.8) is 0 Å². The molecule has 4 aromatic rings. The second-order valence-corrected chi connectivity index (χ2v) is 21.0. The Morgan fingerprint density at radius 2 is 1.76 bits per heavy atom. The van der Waals surface area contributed by atoms with Gasteiger partial charge in [-0.05, 0) is 94.2 Å². The quantitative estimate of drug-likeness (QED) is 0.132. The minimum Gasteiger partial charge on any atom is -0.464 e. The van der Waals surface area contributed by atoms with Crippen LogP contribution >= 0.6 is 65.3 Å². The third kappa shape index (κ3) is 12.0. The van der Waals surface area contributed by atoms with Crippen molar-refractivity contribution >= 4 is 106 Å². The molecule has 2 N–H and O–H groups in total. The highest BCUT2D eigenvalue weighted by molar-refractivity contribution is 7.59. The molecule has 8 rings (SSSR count). The first-order valence-electron chi connectivity index (χ1n) is 24.1. The zero-order chi connectivity index (χ0) is 48.7. The van der Waals surface area contributed by atoms with E-state index < -0.39 is 41.3 Å². The van der Waals surface area contributed by atoms with Crippen molar-refractivity contribution in [2.24, 2.45) is 11.3 Å². The summed E-state index contributed by atoms with van der Waals surface area (Å²) in [5.41, 5.74) is 9.03. The molecule has 4 aliphatic rings. The van der Waals surface area contributed by atoms with Gasteiger partial charge in [0, 0.05) is 97.9 Å². The molecule has 0 radical (unpaired) electrons. The van der Waals surface area contributed by atoms with Crippen LogP contribution in [0.2, 0.25) is 0 Å². The normalized spacial score (nSPS) is 20.3. The van der Waals surface area contributed by atoms with Crippen LogP contribution in [0.3, 0.4) is 0 Å². The molecule has 0 aliphatic carbocycles. The number of hydrogen-bond donors (Lipinski definition) is 2. The van der Waals surface area contributed by atoms with Gasteiger partial charge in [0.05, 0.1) is 34.8 Å². The van der Waals surface area contributed by atoms with Crippen molar-refractivity contribution in [3.8, 4) is 22.5 Å². The number of benzene rings is 1. The summed E-state index contributed by atoms with van der Waals surface area (Å²) in [5.74, 6) is -1.73. The van der Waals surface area contributed by atoms with E-state index in [0.29, 0.717) is 69.8 Å². The van der Waals surface area contributed by atoms with Crippen molar-refractivity contribution in [3.05, 3.63) is 70.8 Å². The van der Waals surface area contributed by atoms with Gasteiger partial charge in [0.15, 0.2) is 0 Å². The Labute approximate surface area is 456 Å². The maximum absolute atomic E-state index is 14.7. The molecule has 3 fully saturated rings. The number of aryl methyl sites for hydroxylation is 1. The van der Waals surface area contributed by atoms with Crippen molar-refractivity contribution in [1.82, 2.24) is 45.0 Å². The van der Waals surface area contributed by atoms with Crippen LogP contribution < -0.4 is 10.7 Å². The van der Waals surface area contributed by atoms with E-state index in [4.69, 9.17) is 19.4 Å². The molecule has 7 heterocycles. The smallest absolute Gasteiger partial charge is 0.324 e. The lowest BCUT2D eigenvalue weighted by atomic mass is 9.76. The average molecular weight is 1090 g/mol. The van der Waals surface area contributed by atoms with E-state index in [1.807, 2.05) is 37.1 Å². The third-order valence-corrected chi connectivity index (χ3v) is 15.4. The van der Waals surface area contributed by atoms with Crippen LogP contribution in [0.15, 0.2) is 54.6 Å². The van der Waals surface area contributed by atoms with Gasteiger partial charge in [-0.2, -0.15) is 54.0 Å². The number of nitrogens with zero attached hydrogens (tertiary/aromatic N) is 7. The first-order chi connectivity index (χ1) is 32.5. The highest BCUT2D eigenvalue weighted by Gasteiger charge is 2.49. The topological polar surface area (TPSA) is 172 Å². The van der Waals surface area contributed by atoms with E-state index in [1.54, 1.807) is 25.3 Å². The summed E-state index contributed by atoms with van der Waals surface area (Å²) < 4.78 is 14.3. The van der Waals surface area contributed by atoms with E-state index in [9.17, 15) is 24.0 Å². The van der Waals surface area contributed by atoms with E-state index in [0.717, 1.165) is 51.1 Å². The number of aromatic nitrogens is 3. The number of amides is 5. The number of likely N-dealkylation sites (tertiary alicyclic amines) is 2. The zero-order valence-corrected chi connectivity index (χ0v) is 47.6. The number of ether oxygens (including phenoxy) is 2. The van der Waals surface area contributed by atoms with E-state index in [-0.39, 0.29) is 96.5 Å². The van der Waals surface area contributed by atoms with Crippen LogP contribution in [0.1, 0.15) is 96.0 Å². The van der Waals surface area contributed by atoms with Gasteiger partial charge in [-0.1, -0.05) is 40.3 Å². The maximum atomic E-state index is 14.7. The van der Waals surface area contributed by atoms with Crippen molar-refractivity contribution in [2.75, 3.05) is 46.9 Å². The molecule has 0 saturated carbocycles. The molecule has 5 amide bonds. The molecule has 0 unspecified atom stereocenters. The summed E-state index contributed by atoms with van der Waals surface area (Å²) in [6.45, 7) is 18.5. The molecule has 72 heavy (non-hydrogen) atoms. The monoisotopic (exact) mass is 1090 g/mol. The van der Waals surface area contributed by atoms with Gasteiger partial charge in [-0.3, -0.25) is 29.2 Å². The molecule has 21 heteroatoms. The number of esters is 1. The number of thiazole rings is 1. The average Bonchev–Trinajstić information content (AvgIpc) is 3.93. The zero-order valence-electron chi connectivity index (χ0n) is 42.8. The molecule has 16 nitrogen and oxygen atoms in total. The second kappa shape index (κ2) is 24.9. The number of urea groups is 1. The molecule has 396 valence electrons. The molecular formula is C51H75N9O7S5. The van der Waals surface area contributed by atoms with E-state index >= 15 is 0 Å². The van der Waals surface area contributed by atoms with Gasteiger partial charge >= 0.3 is 12.0 Å². The van der Waals surface area contributed by atoms with Crippen LogP contribution in [0, 0.1) is 11.3 Å². The van der Waals surface area contributed by atoms with Crippen LogP contribution in [0.5, 0.6) is 0 Å². The third-order valence-electron chi connectivity index (χ3n) is 14.6. The molecule has 3 aromatic heterocycles. The second-order valence-electron chi connectivity index (χ2n) is 20.0. The Bertz CT molecular complexity index is 2600. The number of cyclic esters (lactones) is 1. The van der Waals surface area contributed by atoms with Crippen molar-refractivity contribution in [2.45, 2.75) is 123 Å². The number of nitrogens with one attached hydrogen (secondary N) is 2. The van der Waals surface area contributed by atoms with E-state index in [2.05, 4.69) is 66.9 Å². The fourth-order valence-corrected chi connectivity index (χ4v) is 11.6. The Morgan fingerprint density at radius 1 is 1.06 bits per heavy atom. The minimum atomic E-state index is -1.08. The van der Waals surface area contributed by atoms with Crippen LogP contribution in [0.25, 0.3) is 33.4 Å². The van der Waals surface area contributed by atoms with Crippen molar-refractivity contribution in [1.29, 1.82) is 0 Å². The van der Waals surface area contributed by atoms with Gasteiger partial charge in [0.25, 0.3) is 5.91 Å². The van der Waals surface area contributed by atoms with Crippen LogP contribution in [-0.2, 0) is 48.0 Å². The minimum absolute atomic E-state index is 0. The molecule has 3 saturated heterocycles. The van der Waals surface area contributed by atoms with Gasteiger partial charge in [-0.15, -0.1) is 11.3 Å². The number of fused-ring (bicyclic) bond motifs is 6. The fourth-order valence-electron chi connectivity index (χ4n) is 10.7. The van der Waals surface area contributed by atoms with E-state index in [1.165, 1.54) is 27.3 Å². The van der Waals surface area contributed by atoms with Gasteiger partial charge < -0.3 is 34.1 Å². The van der Waals surface area contributed by atoms with Gasteiger partial charge in [-0.25, -0.2) is 15.2 Å². The molecule has 4 aliphatic heterocycles. The summed E-state index contributed by atoms with van der Waals surface area (Å²) in [6, 6.07) is 7.37. The predicted molar refractivity (Wildman–Crippen MR) is 303 cm³/mol. The highest BCUT2D eigenvalue weighted by atomic mass is 32.1. The fraction of sp³-hybridized carbons (Fsp3) is 0.549. The number of rotatable bonds is 9. The lowest BCUT2D eigenvalue weighted by Crippen LogP contribution is -2.67. The summed E-state index contributed by atoms with van der Waals surface area (Å²) >= 11 is 1.41. The number of hydrogen-bond acceptors (Lipinski definition) is 11. The first-order valence-corrected chi connectivity index (χ1v) is 25.0. The first kappa shape index (κ1) is 60.3. The number of likely N-dealkylation sites (N-methyl/N-ethyl adjacent to an activating group) is 1. The lowest BCUT2D eigenvalue weighted by molar-refractivity contribution is -0.155. The molecular weight excluding hydrogens is 1010 g/mol. The lowest BCUT2D eigenvalue weighted by Gasteiger charge is -2.56. The molecule has 6 bridgehead atoms. The van der Waals surface area contributed by atoms with Crippen LogP contribution in [0.4, 0.5) is 4.79 Å². The van der Waals surface area contributed by atoms with Gasteiger partial charge in [0.2, 0.25) is 11.8 Å². The maximum Gasteiger partial charge on any atom is 0.324 e. The summed E-state index contributed by atoms with van der Waals surface area (Å²) in [4.78, 5) is 84.8. The number of carbonyl (C=O) groups excluding carboxylic acids is 5. The largest absolute Gasteiger partial charge is 0.464 e. The number of pyridine rings is 1. The Balaban J connectivity index is 0.00000281. The summed E-state index contributed by atoms with van der Waals surface area (Å²) in [5, 5.41) is 8.16. The summed E-state index contributed by atoms with van der Waals surface area (Å²) in [6.07, 6.45) is 6.73. The molecule has 1 aromatic carbocycles. The van der Waals surface area contributed by atoms with Gasteiger partial charge in [0.1, 0.15) is 18.1 Å². The number of carbonyl (C=O) groups is 5. The number of hydrazine groups is 1. The number of piperidine rings is 1.